The minimum atomic E-state index is -0.0657. The summed E-state index contributed by atoms with van der Waals surface area (Å²) in [5, 5.41) is 11.2. The number of aromatic amines is 1. The molecule has 0 spiro atoms. The Bertz CT molecular complexity index is 762. The van der Waals surface area contributed by atoms with Crippen molar-refractivity contribution in [1.82, 2.24) is 15.5 Å². The van der Waals surface area contributed by atoms with E-state index >= 15 is 0 Å². The molecule has 1 aromatic heterocycles. The fourth-order valence-electron chi connectivity index (χ4n) is 2.35. The van der Waals surface area contributed by atoms with Gasteiger partial charge in [0.15, 0.2) is 0 Å². The van der Waals surface area contributed by atoms with Gasteiger partial charge in [-0.05, 0) is 30.2 Å². The first kappa shape index (κ1) is 13.4. The van der Waals surface area contributed by atoms with E-state index in [1.165, 1.54) is 0 Å². The third-order valence-electron chi connectivity index (χ3n) is 3.54. The van der Waals surface area contributed by atoms with E-state index in [-0.39, 0.29) is 5.91 Å². The molecule has 3 aromatic rings. The minimum Gasteiger partial charge on any atom is -0.348 e. The normalized spacial score (nSPS) is 10.7. The molecule has 0 saturated carbocycles. The molecule has 106 valence electrons. The smallest absolute Gasteiger partial charge is 0.251 e. The van der Waals surface area contributed by atoms with Crippen LogP contribution < -0.4 is 5.32 Å². The highest BCUT2D eigenvalue weighted by Crippen LogP contribution is 2.18. The van der Waals surface area contributed by atoms with E-state index in [0.29, 0.717) is 12.1 Å². The van der Waals surface area contributed by atoms with Crippen molar-refractivity contribution in [3.05, 3.63) is 65.4 Å². The van der Waals surface area contributed by atoms with Crippen LogP contribution >= 0.6 is 0 Å². The topological polar surface area (TPSA) is 57.8 Å². The summed E-state index contributed by atoms with van der Waals surface area (Å²) in [6.45, 7) is 2.60. The molecule has 4 heteroatoms. The minimum absolute atomic E-state index is 0.0657. The Hall–Kier alpha value is -2.62. The predicted octanol–water partition coefficient (Wildman–Crippen LogP) is 3.06. The summed E-state index contributed by atoms with van der Waals surface area (Å²) in [7, 11) is 0. The average Bonchev–Trinajstić information content (AvgIpc) is 2.95. The molecule has 0 atom stereocenters. The van der Waals surface area contributed by atoms with Gasteiger partial charge in [-0.15, -0.1) is 0 Å². The molecule has 0 saturated heterocycles. The van der Waals surface area contributed by atoms with Crippen LogP contribution in [0.4, 0.5) is 0 Å². The van der Waals surface area contributed by atoms with Gasteiger partial charge in [-0.3, -0.25) is 9.89 Å². The standard InChI is InChI=1S/C17H17N3O/c1-2-15-14-10-13(8-9-16(14)20-19-15)17(21)18-11-12-6-4-3-5-7-12/h3-10H,2,11H2,1H3,(H,18,21)(H,19,20). The third-order valence-corrected chi connectivity index (χ3v) is 3.54. The molecule has 0 fully saturated rings. The van der Waals surface area contributed by atoms with Crippen LogP contribution in [-0.2, 0) is 13.0 Å². The Balaban J connectivity index is 1.78. The van der Waals surface area contributed by atoms with Crippen LogP contribution in [0.3, 0.4) is 0 Å². The van der Waals surface area contributed by atoms with Crippen LogP contribution in [-0.4, -0.2) is 16.1 Å². The van der Waals surface area contributed by atoms with Gasteiger partial charge >= 0.3 is 0 Å². The second-order valence-corrected chi connectivity index (χ2v) is 4.96. The lowest BCUT2D eigenvalue weighted by atomic mass is 10.1. The molecule has 2 aromatic carbocycles. The SMILES string of the molecule is CCc1[nH]nc2ccc(C(=O)NCc3ccccc3)cc12. The summed E-state index contributed by atoms with van der Waals surface area (Å²) < 4.78 is 0. The van der Waals surface area contributed by atoms with Crippen molar-refractivity contribution in [3.8, 4) is 0 Å². The summed E-state index contributed by atoms with van der Waals surface area (Å²) in [6.07, 6.45) is 0.867. The number of carbonyl (C=O) groups is 1. The Labute approximate surface area is 123 Å². The number of aryl methyl sites for hydroxylation is 1. The largest absolute Gasteiger partial charge is 0.348 e. The van der Waals surface area contributed by atoms with E-state index in [1.54, 1.807) is 0 Å². The van der Waals surface area contributed by atoms with Gasteiger partial charge in [0.1, 0.15) is 0 Å². The molecule has 0 aliphatic carbocycles. The molecule has 0 unspecified atom stereocenters. The van der Waals surface area contributed by atoms with Crippen molar-refractivity contribution in [2.24, 2.45) is 0 Å². The van der Waals surface area contributed by atoms with Crippen LogP contribution in [0, 0.1) is 0 Å². The van der Waals surface area contributed by atoms with Gasteiger partial charge in [-0.25, -0.2) is 0 Å². The van der Waals surface area contributed by atoms with E-state index < -0.39 is 0 Å². The number of nitrogens with zero attached hydrogens (tertiary/aromatic N) is 1. The number of aromatic nitrogens is 2. The van der Waals surface area contributed by atoms with Gasteiger partial charge in [0.25, 0.3) is 5.91 Å². The number of amides is 1. The summed E-state index contributed by atoms with van der Waals surface area (Å²) >= 11 is 0. The van der Waals surface area contributed by atoms with E-state index in [1.807, 2.05) is 48.5 Å². The number of rotatable bonds is 4. The van der Waals surface area contributed by atoms with Gasteiger partial charge in [0, 0.05) is 23.2 Å². The quantitative estimate of drug-likeness (QED) is 0.771. The lowest BCUT2D eigenvalue weighted by Crippen LogP contribution is -2.22. The van der Waals surface area contributed by atoms with Crippen LogP contribution in [0.15, 0.2) is 48.5 Å². The molecule has 0 aliphatic rings. The molecule has 0 bridgehead atoms. The highest BCUT2D eigenvalue weighted by atomic mass is 16.1. The first-order chi connectivity index (χ1) is 10.3. The number of hydrogen-bond acceptors (Lipinski definition) is 2. The Morgan fingerprint density at radius 1 is 1.19 bits per heavy atom. The van der Waals surface area contributed by atoms with Crippen molar-refractivity contribution in [3.63, 3.8) is 0 Å². The van der Waals surface area contributed by atoms with Gasteiger partial charge in [0.05, 0.1) is 5.52 Å². The Morgan fingerprint density at radius 2 is 2.00 bits per heavy atom. The van der Waals surface area contributed by atoms with Gasteiger partial charge in [-0.1, -0.05) is 37.3 Å². The summed E-state index contributed by atoms with van der Waals surface area (Å²) in [6, 6.07) is 15.5. The van der Waals surface area contributed by atoms with Crippen LogP contribution in [0.25, 0.3) is 10.9 Å². The third kappa shape index (κ3) is 2.79. The Morgan fingerprint density at radius 3 is 2.76 bits per heavy atom. The summed E-state index contributed by atoms with van der Waals surface area (Å²) in [4.78, 5) is 12.2. The number of fused-ring (bicyclic) bond motifs is 1. The maximum atomic E-state index is 12.2. The van der Waals surface area contributed by atoms with Gasteiger partial charge in [0.2, 0.25) is 0 Å². The lowest BCUT2D eigenvalue weighted by molar-refractivity contribution is 0.0951. The number of nitrogens with one attached hydrogen (secondary N) is 2. The molecule has 3 rings (SSSR count). The van der Waals surface area contributed by atoms with Crippen molar-refractivity contribution >= 4 is 16.8 Å². The number of carbonyl (C=O) groups excluding carboxylic acids is 1. The second kappa shape index (κ2) is 5.79. The zero-order valence-corrected chi connectivity index (χ0v) is 11.9. The predicted molar refractivity (Wildman–Crippen MR) is 83.1 cm³/mol. The lowest BCUT2D eigenvalue weighted by Gasteiger charge is -2.05. The zero-order chi connectivity index (χ0) is 14.7. The van der Waals surface area contributed by atoms with Gasteiger partial charge in [-0.2, -0.15) is 5.10 Å². The second-order valence-electron chi connectivity index (χ2n) is 4.96. The first-order valence-corrected chi connectivity index (χ1v) is 7.07. The van der Waals surface area contributed by atoms with Crippen molar-refractivity contribution < 1.29 is 4.79 Å². The molecule has 1 heterocycles. The van der Waals surface area contributed by atoms with Crippen LogP contribution in [0.2, 0.25) is 0 Å². The summed E-state index contributed by atoms with van der Waals surface area (Å²) in [5.41, 5.74) is 3.70. The molecule has 1 amide bonds. The molecular weight excluding hydrogens is 262 g/mol. The van der Waals surface area contributed by atoms with Crippen molar-refractivity contribution in [2.75, 3.05) is 0 Å². The highest BCUT2D eigenvalue weighted by molar-refractivity contribution is 5.98. The molecule has 2 N–H and O–H groups in total. The maximum absolute atomic E-state index is 12.2. The number of hydrogen-bond donors (Lipinski definition) is 2. The number of benzene rings is 2. The Kier molecular flexibility index (Phi) is 3.69. The van der Waals surface area contributed by atoms with Gasteiger partial charge < -0.3 is 5.32 Å². The van der Waals surface area contributed by atoms with Crippen molar-refractivity contribution in [1.29, 1.82) is 0 Å². The van der Waals surface area contributed by atoms with Crippen LogP contribution in [0.5, 0.6) is 0 Å². The molecular formula is C17H17N3O. The van der Waals surface area contributed by atoms with E-state index in [9.17, 15) is 4.79 Å². The molecule has 0 aliphatic heterocycles. The monoisotopic (exact) mass is 279 g/mol. The fraction of sp³-hybridized carbons (Fsp3) is 0.176. The van der Waals surface area contributed by atoms with E-state index in [2.05, 4.69) is 22.4 Å². The first-order valence-electron chi connectivity index (χ1n) is 7.07. The number of H-pyrrole nitrogens is 1. The van der Waals surface area contributed by atoms with Crippen LogP contribution in [0.1, 0.15) is 28.5 Å². The zero-order valence-electron chi connectivity index (χ0n) is 11.9. The summed E-state index contributed by atoms with van der Waals surface area (Å²) in [5.74, 6) is -0.0657. The maximum Gasteiger partial charge on any atom is 0.251 e. The fourth-order valence-corrected chi connectivity index (χ4v) is 2.35. The highest BCUT2D eigenvalue weighted by Gasteiger charge is 2.09. The van der Waals surface area contributed by atoms with E-state index in [4.69, 9.17) is 0 Å². The molecule has 21 heavy (non-hydrogen) atoms. The van der Waals surface area contributed by atoms with E-state index in [0.717, 1.165) is 28.6 Å². The average molecular weight is 279 g/mol. The van der Waals surface area contributed by atoms with Crippen molar-refractivity contribution in [2.45, 2.75) is 19.9 Å². The molecule has 0 radical (unpaired) electrons. The molecule has 4 nitrogen and oxygen atoms in total.